The number of ether oxygens (including phenoxy) is 1. The van der Waals surface area contributed by atoms with Crippen molar-refractivity contribution in [1.82, 2.24) is 29.9 Å². The summed E-state index contributed by atoms with van der Waals surface area (Å²) >= 11 is 0. The van der Waals surface area contributed by atoms with Crippen LogP contribution in [0.3, 0.4) is 0 Å². The third kappa shape index (κ3) is 2.68. The molecule has 1 aliphatic heterocycles. The Labute approximate surface area is 173 Å². The van der Waals surface area contributed by atoms with Gasteiger partial charge in [-0.15, -0.1) is 0 Å². The van der Waals surface area contributed by atoms with Crippen LogP contribution in [-0.2, 0) is 5.41 Å². The Morgan fingerprint density at radius 3 is 2.90 bits per heavy atom. The van der Waals surface area contributed by atoms with Crippen LogP contribution >= 0.6 is 0 Å². The second-order valence-corrected chi connectivity index (χ2v) is 8.76. The van der Waals surface area contributed by atoms with Gasteiger partial charge in [-0.2, -0.15) is 5.10 Å². The number of imidazole rings is 1. The lowest BCUT2D eigenvalue weighted by atomic mass is 9.43. The molecule has 30 heavy (non-hydrogen) atoms. The van der Waals surface area contributed by atoms with Crippen LogP contribution in [0.4, 0.5) is 10.3 Å². The van der Waals surface area contributed by atoms with Gasteiger partial charge >= 0.3 is 0 Å². The number of fused-ring (bicyclic) bond motifs is 1. The van der Waals surface area contributed by atoms with E-state index >= 15 is 0 Å². The molecule has 2 unspecified atom stereocenters. The summed E-state index contributed by atoms with van der Waals surface area (Å²) < 4.78 is 21.7. The van der Waals surface area contributed by atoms with Crippen molar-refractivity contribution < 1.29 is 9.13 Å². The molecule has 2 N–H and O–H groups in total. The second-order valence-electron chi connectivity index (χ2n) is 8.76. The van der Waals surface area contributed by atoms with Crippen LogP contribution < -0.4 is 15.4 Å². The average molecular weight is 409 g/mol. The van der Waals surface area contributed by atoms with Gasteiger partial charge in [0, 0.05) is 24.2 Å². The van der Waals surface area contributed by atoms with Gasteiger partial charge in [0.25, 0.3) is 0 Å². The molecule has 0 radical (unpaired) electrons. The molecular formula is C21H24FN7O. The van der Waals surface area contributed by atoms with E-state index in [0.29, 0.717) is 36.8 Å². The molecule has 0 amide bonds. The maximum Gasteiger partial charge on any atom is 0.223 e. The lowest BCUT2D eigenvalue weighted by Gasteiger charge is -2.61. The molecule has 4 aliphatic rings. The molecule has 2 atom stereocenters. The van der Waals surface area contributed by atoms with Gasteiger partial charge in [0.2, 0.25) is 5.95 Å². The zero-order chi connectivity index (χ0) is 20.3. The highest BCUT2D eigenvalue weighted by Gasteiger charge is 2.59. The number of hydrogen-bond acceptors (Lipinski definition) is 7. The van der Waals surface area contributed by atoms with Crippen LogP contribution in [0.25, 0.3) is 17.0 Å². The van der Waals surface area contributed by atoms with E-state index in [2.05, 4.69) is 25.6 Å². The molecule has 1 saturated heterocycles. The van der Waals surface area contributed by atoms with E-state index in [1.165, 1.54) is 19.3 Å². The van der Waals surface area contributed by atoms with E-state index in [4.69, 9.17) is 9.84 Å². The Balaban J connectivity index is 1.36. The molecule has 2 bridgehead atoms. The van der Waals surface area contributed by atoms with Crippen molar-refractivity contribution in [3.8, 4) is 17.1 Å². The van der Waals surface area contributed by atoms with Crippen molar-refractivity contribution in [3.63, 3.8) is 0 Å². The van der Waals surface area contributed by atoms with Gasteiger partial charge in [0.15, 0.2) is 5.65 Å². The number of anilines is 1. The topological polar surface area (TPSA) is 89.3 Å². The summed E-state index contributed by atoms with van der Waals surface area (Å²) in [6.07, 6.45) is 6.58. The lowest BCUT2D eigenvalue weighted by Crippen LogP contribution is -2.56. The van der Waals surface area contributed by atoms with E-state index in [0.717, 1.165) is 23.1 Å². The summed E-state index contributed by atoms with van der Waals surface area (Å²) in [7, 11) is 1.69. The summed E-state index contributed by atoms with van der Waals surface area (Å²) in [6.45, 7) is 1.25. The van der Waals surface area contributed by atoms with Gasteiger partial charge in [0.1, 0.15) is 23.3 Å². The number of piperidine rings is 1. The van der Waals surface area contributed by atoms with Gasteiger partial charge in [-0.05, 0) is 44.2 Å². The van der Waals surface area contributed by atoms with Gasteiger partial charge in [-0.1, -0.05) is 0 Å². The summed E-state index contributed by atoms with van der Waals surface area (Å²) in [5.74, 6) is 2.06. The number of alkyl halides is 1. The molecule has 3 aromatic heterocycles. The zero-order valence-corrected chi connectivity index (χ0v) is 16.8. The second kappa shape index (κ2) is 6.60. The average Bonchev–Trinajstić information content (AvgIpc) is 3.10. The molecule has 4 heterocycles. The van der Waals surface area contributed by atoms with E-state index < -0.39 is 6.17 Å². The minimum absolute atomic E-state index is 0.161. The van der Waals surface area contributed by atoms with Crippen LogP contribution in [0.15, 0.2) is 24.5 Å². The fourth-order valence-corrected chi connectivity index (χ4v) is 5.07. The first kappa shape index (κ1) is 18.0. The largest absolute Gasteiger partial charge is 0.495 e. The number of nitrogens with one attached hydrogen (secondary N) is 2. The SMILES string of the molecule is COc1cc2ncc(-c3ccnc(NC4CNCCC4F)n3)n2nc1C12CC(C1)C2. The van der Waals surface area contributed by atoms with Crippen molar-refractivity contribution >= 4 is 11.6 Å². The molecule has 3 aromatic rings. The highest BCUT2D eigenvalue weighted by Crippen LogP contribution is 2.66. The number of aromatic nitrogens is 5. The Morgan fingerprint density at radius 1 is 1.30 bits per heavy atom. The van der Waals surface area contributed by atoms with Crippen LogP contribution in [0.5, 0.6) is 5.75 Å². The van der Waals surface area contributed by atoms with Gasteiger partial charge in [0.05, 0.1) is 25.0 Å². The minimum atomic E-state index is -0.918. The third-order valence-corrected chi connectivity index (χ3v) is 6.85. The quantitative estimate of drug-likeness (QED) is 0.669. The van der Waals surface area contributed by atoms with Crippen molar-refractivity contribution in [2.45, 2.75) is 43.3 Å². The first-order valence-corrected chi connectivity index (χ1v) is 10.5. The summed E-state index contributed by atoms with van der Waals surface area (Å²) in [5.41, 5.74) is 3.37. The first-order chi connectivity index (χ1) is 14.6. The Kier molecular flexibility index (Phi) is 3.96. The summed E-state index contributed by atoms with van der Waals surface area (Å²) in [4.78, 5) is 13.4. The molecule has 156 valence electrons. The van der Waals surface area contributed by atoms with E-state index in [9.17, 15) is 4.39 Å². The number of halogens is 1. The minimum Gasteiger partial charge on any atom is -0.495 e. The normalized spacial score (nSPS) is 29.9. The summed E-state index contributed by atoms with van der Waals surface area (Å²) in [5, 5.41) is 11.3. The van der Waals surface area contributed by atoms with Crippen molar-refractivity contribution in [3.05, 3.63) is 30.2 Å². The Bertz CT molecular complexity index is 1100. The molecule has 3 saturated carbocycles. The number of methoxy groups -OCH3 is 1. The highest BCUT2D eigenvalue weighted by atomic mass is 19.1. The molecule has 4 fully saturated rings. The number of nitrogens with zero attached hydrogens (tertiary/aromatic N) is 5. The van der Waals surface area contributed by atoms with Crippen LogP contribution in [0, 0.1) is 5.92 Å². The molecule has 0 spiro atoms. The van der Waals surface area contributed by atoms with Crippen LogP contribution in [0.2, 0.25) is 0 Å². The van der Waals surface area contributed by atoms with Crippen molar-refractivity contribution in [2.24, 2.45) is 5.92 Å². The van der Waals surface area contributed by atoms with Gasteiger partial charge < -0.3 is 15.4 Å². The van der Waals surface area contributed by atoms with E-state index in [-0.39, 0.29) is 11.5 Å². The first-order valence-electron chi connectivity index (χ1n) is 10.5. The molecule has 3 aliphatic carbocycles. The monoisotopic (exact) mass is 409 g/mol. The predicted molar refractivity (Wildman–Crippen MR) is 109 cm³/mol. The van der Waals surface area contributed by atoms with Gasteiger partial charge in [-0.25, -0.2) is 23.9 Å². The lowest BCUT2D eigenvalue weighted by molar-refractivity contribution is -0.0333. The van der Waals surface area contributed by atoms with Gasteiger partial charge in [-0.3, -0.25) is 0 Å². The van der Waals surface area contributed by atoms with Crippen molar-refractivity contribution in [2.75, 3.05) is 25.5 Å². The van der Waals surface area contributed by atoms with E-state index in [1.807, 2.05) is 16.6 Å². The van der Waals surface area contributed by atoms with Crippen molar-refractivity contribution in [1.29, 1.82) is 0 Å². The predicted octanol–water partition coefficient (Wildman–Crippen LogP) is 2.36. The molecule has 9 heteroatoms. The molecular weight excluding hydrogens is 385 g/mol. The molecule has 8 nitrogen and oxygen atoms in total. The summed E-state index contributed by atoms with van der Waals surface area (Å²) in [6, 6.07) is 3.44. The Morgan fingerprint density at radius 2 is 2.17 bits per heavy atom. The molecule has 0 aromatic carbocycles. The standard InChI is InChI=1S/C21H24FN7O/c1-30-17-6-18-25-11-16(29(18)28-19(17)21-7-12(8-21)9-21)14-3-5-24-20(26-14)27-15-10-23-4-2-13(15)22/h3,5-6,11-13,15,23H,2,4,7-10H2,1H3,(H,24,26,27). The van der Waals surface area contributed by atoms with Crippen LogP contribution in [0.1, 0.15) is 31.4 Å². The number of rotatable bonds is 5. The highest BCUT2D eigenvalue weighted by molar-refractivity contribution is 5.62. The Hall–Kier alpha value is -2.81. The maximum atomic E-state index is 14.2. The fraction of sp³-hybridized carbons (Fsp3) is 0.524. The third-order valence-electron chi connectivity index (χ3n) is 6.85. The number of hydrogen-bond donors (Lipinski definition) is 2. The van der Waals surface area contributed by atoms with E-state index in [1.54, 1.807) is 19.5 Å². The molecule has 7 rings (SSSR count). The zero-order valence-electron chi connectivity index (χ0n) is 16.8. The smallest absolute Gasteiger partial charge is 0.223 e. The van der Waals surface area contributed by atoms with Crippen LogP contribution in [-0.4, -0.2) is 57.0 Å². The fourth-order valence-electron chi connectivity index (χ4n) is 5.07. The maximum absolute atomic E-state index is 14.2.